The molecule has 1 heteroatoms. The van der Waals surface area contributed by atoms with E-state index >= 15 is 0 Å². The minimum atomic E-state index is -0.250. The molecule has 0 aromatic carbocycles. The molecule has 1 aliphatic rings. The van der Waals surface area contributed by atoms with Crippen LogP contribution < -0.4 is 0 Å². The third-order valence-corrected chi connectivity index (χ3v) is 0.553. The van der Waals surface area contributed by atoms with Crippen molar-refractivity contribution in [3.8, 4) is 0 Å². The van der Waals surface area contributed by atoms with Gasteiger partial charge in [-0.25, -0.2) is 0 Å². The Hall–Kier alpha value is -0.0400. The molecule has 2 radical (unpaired) electrons. The molecule has 0 aliphatic carbocycles. The van der Waals surface area contributed by atoms with Crippen molar-refractivity contribution < 1.29 is 4.74 Å². The van der Waals surface area contributed by atoms with Crippen molar-refractivity contribution >= 4 is 0 Å². The van der Waals surface area contributed by atoms with Crippen LogP contribution in [0.3, 0.4) is 0 Å². The molecular weight excluding hydrogens is 64.0 g/mol. The van der Waals surface area contributed by atoms with E-state index in [1.807, 2.05) is 0 Å². The maximum absolute atomic E-state index is 4.67. The molecule has 0 amide bonds. The number of hydrogen-bond donors (Lipinski definition) is 0. The van der Waals surface area contributed by atoms with Gasteiger partial charge in [0, 0.05) is 0 Å². The van der Waals surface area contributed by atoms with Crippen molar-refractivity contribution in [2.24, 2.45) is 0 Å². The van der Waals surface area contributed by atoms with Crippen molar-refractivity contribution in [3.05, 3.63) is 13.8 Å². The average Bonchev–Trinajstić information content (AvgIpc) is 1.76. The van der Waals surface area contributed by atoms with Gasteiger partial charge in [-0.15, -0.1) is 0 Å². The molecule has 0 aromatic rings. The lowest BCUT2D eigenvalue weighted by Gasteiger charge is -1.80. The first-order valence-electron chi connectivity index (χ1n) is 1.55. The van der Waals surface area contributed by atoms with Crippen LogP contribution in [0.2, 0.25) is 0 Å². The molecule has 1 aliphatic heterocycles. The van der Waals surface area contributed by atoms with Crippen LogP contribution >= 0.6 is 0 Å². The van der Waals surface area contributed by atoms with Crippen molar-refractivity contribution in [1.29, 1.82) is 0 Å². The van der Waals surface area contributed by atoms with Gasteiger partial charge < -0.3 is 4.74 Å². The lowest BCUT2D eigenvalue weighted by Crippen LogP contribution is -1.92. The molecule has 0 saturated carbocycles. The molecule has 0 aromatic heterocycles. The zero-order valence-corrected chi connectivity index (χ0v) is 3.03. The normalized spacial score (nSPS) is 30.0. The summed E-state index contributed by atoms with van der Waals surface area (Å²) in [6.07, 6.45) is 0. The molecule has 0 N–H and O–H groups in total. The highest BCUT2D eigenvalue weighted by Crippen LogP contribution is 2.22. The van der Waals surface area contributed by atoms with E-state index < -0.39 is 0 Å². The first-order valence-corrected chi connectivity index (χ1v) is 1.55. The van der Waals surface area contributed by atoms with Crippen LogP contribution in [0.4, 0.5) is 0 Å². The summed E-state index contributed by atoms with van der Waals surface area (Å²) in [7, 11) is 0. The number of hydrogen-bond acceptors (Lipinski definition) is 1. The monoisotopic (exact) mass is 70.0 g/mol. The highest BCUT2D eigenvalue weighted by Gasteiger charge is 2.32. The molecule has 1 saturated heterocycles. The lowest BCUT2D eigenvalue weighted by atomic mass is 10.3. The molecule has 1 nitrogen and oxygen atoms in total. The van der Waals surface area contributed by atoms with Gasteiger partial charge >= 0.3 is 0 Å². The summed E-state index contributed by atoms with van der Waals surface area (Å²) in [5.74, 6) is 0. The molecule has 0 bridgehead atoms. The SMILES string of the molecule is [CH2]C1([CH2])CO1. The summed E-state index contributed by atoms with van der Waals surface area (Å²) < 4.78 is 4.67. The Morgan fingerprint density at radius 3 is 1.80 bits per heavy atom. The molecule has 1 rings (SSSR count). The van der Waals surface area contributed by atoms with Crippen molar-refractivity contribution in [2.75, 3.05) is 6.61 Å². The zero-order valence-electron chi connectivity index (χ0n) is 3.03. The molecule has 0 unspecified atom stereocenters. The largest absolute Gasteiger partial charge is 0.370 e. The minimum Gasteiger partial charge on any atom is -0.370 e. The van der Waals surface area contributed by atoms with Gasteiger partial charge in [0.2, 0.25) is 0 Å². The Bertz CT molecular complexity index is 41.6. The van der Waals surface area contributed by atoms with E-state index in [1.165, 1.54) is 0 Å². The second-order valence-electron chi connectivity index (χ2n) is 1.47. The van der Waals surface area contributed by atoms with E-state index in [1.54, 1.807) is 0 Å². The number of epoxide rings is 1. The summed E-state index contributed by atoms with van der Waals surface area (Å²) in [4.78, 5) is 0. The van der Waals surface area contributed by atoms with E-state index in [0.29, 0.717) is 0 Å². The maximum atomic E-state index is 4.67. The molecule has 0 atom stereocenters. The summed E-state index contributed by atoms with van der Waals surface area (Å²) in [5.41, 5.74) is -0.250. The Morgan fingerprint density at radius 2 is 1.80 bits per heavy atom. The van der Waals surface area contributed by atoms with Crippen molar-refractivity contribution in [3.63, 3.8) is 0 Å². The number of ether oxygens (including phenoxy) is 1. The van der Waals surface area contributed by atoms with Gasteiger partial charge in [-0.2, -0.15) is 0 Å². The molecule has 1 fully saturated rings. The first kappa shape index (κ1) is 3.16. The lowest BCUT2D eigenvalue weighted by molar-refractivity contribution is 0.389. The van der Waals surface area contributed by atoms with E-state index in [0.717, 1.165) is 6.61 Å². The van der Waals surface area contributed by atoms with Gasteiger partial charge in [0.1, 0.15) is 0 Å². The standard InChI is InChI=1S/C4H6O/c1-4(2)3-5-4/h1-3H2. The number of rotatable bonds is 0. The topological polar surface area (TPSA) is 12.5 Å². The Morgan fingerprint density at radius 1 is 1.60 bits per heavy atom. The Balaban J connectivity index is 2.38. The fraction of sp³-hybridized carbons (Fsp3) is 0.500. The van der Waals surface area contributed by atoms with Gasteiger partial charge in [-0.1, -0.05) is 0 Å². The fourth-order valence-electron chi connectivity index (χ4n) is 0.102. The predicted molar refractivity (Wildman–Crippen MR) is 19.4 cm³/mol. The summed E-state index contributed by atoms with van der Waals surface area (Å²) in [6, 6.07) is 0. The van der Waals surface area contributed by atoms with Gasteiger partial charge in [0.25, 0.3) is 0 Å². The summed E-state index contributed by atoms with van der Waals surface area (Å²) >= 11 is 0. The van der Waals surface area contributed by atoms with Crippen LogP contribution in [-0.2, 0) is 4.74 Å². The first-order chi connectivity index (χ1) is 2.21. The van der Waals surface area contributed by atoms with Gasteiger partial charge in [0.05, 0.1) is 12.2 Å². The third kappa shape index (κ3) is 0.618. The van der Waals surface area contributed by atoms with E-state index in [-0.39, 0.29) is 5.60 Å². The summed E-state index contributed by atoms with van der Waals surface area (Å²) in [5, 5.41) is 0. The quantitative estimate of drug-likeness (QED) is 0.376. The molecule has 5 heavy (non-hydrogen) atoms. The molecular formula is C4H6O. The zero-order chi connectivity index (χ0) is 3.91. The van der Waals surface area contributed by atoms with Crippen LogP contribution in [-0.4, -0.2) is 12.2 Å². The summed E-state index contributed by atoms with van der Waals surface area (Å²) in [6.45, 7) is 7.83. The fourth-order valence-corrected chi connectivity index (χ4v) is 0.102. The highest BCUT2D eigenvalue weighted by atomic mass is 16.6. The van der Waals surface area contributed by atoms with E-state index in [4.69, 9.17) is 0 Å². The highest BCUT2D eigenvalue weighted by molar-refractivity contribution is 4.96. The van der Waals surface area contributed by atoms with Crippen LogP contribution in [0.25, 0.3) is 0 Å². The van der Waals surface area contributed by atoms with E-state index in [9.17, 15) is 0 Å². The Labute approximate surface area is 31.9 Å². The Kier molecular flexibility index (Phi) is 0.346. The predicted octanol–water partition coefficient (Wildman–Crippen LogP) is 0.424. The van der Waals surface area contributed by atoms with Gasteiger partial charge in [-0.3, -0.25) is 0 Å². The van der Waals surface area contributed by atoms with Crippen molar-refractivity contribution in [2.45, 2.75) is 5.60 Å². The smallest absolute Gasteiger partial charge is 0.0918 e. The molecule has 1 heterocycles. The van der Waals surface area contributed by atoms with E-state index in [2.05, 4.69) is 18.6 Å². The van der Waals surface area contributed by atoms with Gasteiger partial charge in [0.15, 0.2) is 0 Å². The second kappa shape index (κ2) is 0.548. The minimum absolute atomic E-state index is 0.250. The van der Waals surface area contributed by atoms with Crippen LogP contribution in [0.15, 0.2) is 0 Å². The molecule has 0 spiro atoms. The van der Waals surface area contributed by atoms with Crippen LogP contribution in [0, 0.1) is 13.8 Å². The third-order valence-electron chi connectivity index (χ3n) is 0.553. The van der Waals surface area contributed by atoms with Gasteiger partial charge in [-0.05, 0) is 13.8 Å². The van der Waals surface area contributed by atoms with Crippen molar-refractivity contribution in [1.82, 2.24) is 0 Å². The molecule has 28 valence electrons. The maximum Gasteiger partial charge on any atom is 0.0918 e. The average molecular weight is 70.1 g/mol. The second-order valence-corrected chi connectivity index (χ2v) is 1.47. The van der Waals surface area contributed by atoms with Crippen LogP contribution in [0.1, 0.15) is 0 Å². The van der Waals surface area contributed by atoms with Crippen LogP contribution in [0.5, 0.6) is 0 Å².